The predicted molar refractivity (Wildman–Crippen MR) is 52.9 cm³/mol. The Morgan fingerprint density at radius 2 is 1.75 bits per heavy atom. The third-order valence-electron chi connectivity index (χ3n) is 0.966. The lowest BCUT2D eigenvalue weighted by atomic mass is 10.3. The summed E-state index contributed by atoms with van der Waals surface area (Å²) in [5.74, 6) is 0.564. The Balaban J connectivity index is 0. The summed E-state index contributed by atoms with van der Waals surface area (Å²) in [6.45, 7) is 9.70. The zero-order valence-electron chi connectivity index (χ0n) is 8.92. The maximum Gasteiger partial charge on any atom is 0.231 e. The molecule has 0 spiro atoms. The number of hydrogen-bond acceptors (Lipinski definition) is 2. The summed E-state index contributed by atoms with van der Waals surface area (Å²) in [5, 5.41) is 0. The molecular weight excluding hydrogens is 152 g/mol. The molecule has 0 aromatic heterocycles. The summed E-state index contributed by atoms with van der Waals surface area (Å²) in [6.07, 6.45) is 0. The van der Waals surface area contributed by atoms with Crippen LogP contribution in [-0.2, 0) is 4.79 Å². The Labute approximate surface area is 75.9 Å². The quantitative estimate of drug-likeness (QED) is 0.696. The number of nitrogens with zero attached hydrogens (tertiary/aromatic N) is 1. The van der Waals surface area contributed by atoms with Gasteiger partial charge in [0, 0.05) is 0 Å². The summed E-state index contributed by atoms with van der Waals surface area (Å²) in [6, 6.07) is 0. The van der Waals surface area contributed by atoms with Crippen molar-refractivity contribution in [2.45, 2.75) is 27.7 Å². The van der Waals surface area contributed by atoms with Crippen molar-refractivity contribution in [3.8, 4) is 0 Å². The number of hydrogen-bond donors (Lipinski definition) is 1. The SMILES string of the molecule is CC(C)C.CCN(C)CC(N)=O. The molecule has 0 unspecified atom stereocenters. The molecule has 0 aliphatic heterocycles. The summed E-state index contributed by atoms with van der Waals surface area (Å²) in [4.78, 5) is 12.0. The Kier molecular flexibility index (Phi) is 9.93. The van der Waals surface area contributed by atoms with Gasteiger partial charge in [0.05, 0.1) is 6.54 Å². The number of nitrogens with two attached hydrogens (primary N) is 1. The largest absolute Gasteiger partial charge is 0.369 e. The van der Waals surface area contributed by atoms with Crippen LogP contribution in [0.1, 0.15) is 27.7 Å². The zero-order chi connectivity index (χ0) is 10.1. The second-order valence-corrected chi connectivity index (χ2v) is 3.53. The molecule has 2 N–H and O–H groups in total. The van der Waals surface area contributed by atoms with Gasteiger partial charge in [-0.1, -0.05) is 27.7 Å². The van der Waals surface area contributed by atoms with Crippen LogP contribution in [0, 0.1) is 5.92 Å². The van der Waals surface area contributed by atoms with Crippen LogP contribution in [0.5, 0.6) is 0 Å². The van der Waals surface area contributed by atoms with Gasteiger partial charge >= 0.3 is 0 Å². The van der Waals surface area contributed by atoms with Crippen molar-refractivity contribution >= 4 is 5.91 Å². The van der Waals surface area contributed by atoms with Gasteiger partial charge in [0.15, 0.2) is 0 Å². The Morgan fingerprint density at radius 1 is 1.42 bits per heavy atom. The summed E-state index contributed by atoms with van der Waals surface area (Å²) < 4.78 is 0. The van der Waals surface area contributed by atoms with Crippen LogP contribution in [0.4, 0.5) is 0 Å². The maximum absolute atomic E-state index is 10.1. The highest BCUT2D eigenvalue weighted by atomic mass is 16.1. The fourth-order valence-corrected chi connectivity index (χ4v) is 0.378. The third-order valence-corrected chi connectivity index (χ3v) is 0.966. The molecule has 0 fully saturated rings. The number of primary amides is 1. The molecule has 74 valence electrons. The highest BCUT2D eigenvalue weighted by Gasteiger charge is 1.96. The van der Waals surface area contributed by atoms with Crippen LogP contribution in [-0.4, -0.2) is 30.9 Å². The van der Waals surface area contributed by atoms with E-state index in [4.69, 9.17) is 5.73 Å². The van der Waals surface area contributed by atoms with E-state index in [-0.39, 0.29) is 5.91 Å². The number of carbonyl (C=O) groups is 1. The monoisotopic (exact) mass is 174 g/mol. The van der Waals surface area contributed by atoms with Gasteiger partial charge in [-0.15, -0.1) is 0 Å². The van der Waals surface area contributed by atoms with Crippen LogP contribution >= 0.6 is 0 Å². The first-order valence-corrected chi connectivity index (χ1v) is 4.37. The molecule has 0 saturated carbocycles. The van der Waals surface area contributed by atoms with E-state index in [0.717, 1.165) is 12.5 Å². The lowest BCUT2D eigenvalue weighted by Crippen LogP contribution is -2.30. The van der Waals surface area contributed by atoms with Crippen molar-refractivity contribution < 1.29 is 4.79 Å². The smallest absolute Gasteiger partial charge is 0.231 e. The topological polar surface area (TPSA) is 46.3 Å². The Morgan fingerprint density at radius 3 is 1.83 bits per heavy atom. The molecule has 3 heteroatoms. The molecule has 0 atom stereocenters. The van der Waals surface area contributed by atoms with Gasteiger partial charge in [-0.2, -0.15) is 0 Å². The summed E-state index contributed by atoms with van der Waals surface area (Å²) >= 11 is 0. The Bertz CT molecular complexity index is 110. The minimum Gasteiger partial charge on any atom is -0.369 e. The van der Waals surface area contributed by atoms with Crippen LogP contribution in [0.3, 0.4) is 0 Å². The van der Waals surface area contributed by atoms with E-state index in [9.17, 15) is 4.79 Å². The van der Waals surface area contributed by atoms with Crippen molar-refractivity contribution in [2.24, 2.45) is 11.7 Å². The minimum absolute atomic E-state index is 0.269. The highest BCUT2D eigenvalue weighted by molar-refractivity contribution is 5.75. The van der Waals surface area contributed by atoms with E-state index in [1.165, 1.54) is 0 Å². The van der Waals surface area contributed by atoms with E-state index >= 15 is 0 Å². The lowest BCUT2D eigenvalue weighted by Gasteiger charge is -2.08. The van der Waals surface area contributed by atoms with Crippen molar-refractivity contribution in [2.75, 3.05) is 20.1 Å². The van der Waals surface area contributed by atoms with E-state index in [0.29, 0.717) is 6.54 Å². The molecule has 3 nitrogen and oxygen atoms in total. The lowest BCUT2D eigenvalue weighted by molar-refractivity contribution is -0.118. The van der Waals surface area contributed by atoms with Crippen molar-refractivity contribution in [3.63, 3.8) is 0 Å². The summed E-state index contributed by atoms with van der Waals surface area (Å²) in [5.41, 5.74) is 4.89. The molecule has 0 bridgehead atoms. The fourth-order valence-electron chi connectivity index (χ4n) is 0.378. The van der Waals surface area contributed by atoms with E-state index in [2.05, 4.69) is 20.8 Å². The van der Waals surface area contributed by atoms with Crippen molar-refractivity contribution in [1.29, 1.82) is 0 Å². The van der Waals surface area contributed by atoms with E-state index < -0.39 is 0 Å². The van der Waals surface area contributed by atoms with Gasteiger partial charge in [0.25, 0.3) is 0 Å². The molecule has 1 amide bonds. The molecule has 0 aliphatic carbocycles. The standard InChI is InChI=1S/C5H12N2O.C4H10/c1-3-7(2)4-5(6)8;1-4(2)3/h3-4H2,1-2H3,(H2,6,8);4H,1-3H3. The molecule has 0 aromatic rings. The molecule has 0 radical (unpaired) electrons. The van der Waals surface area contributed by atoms with Gasteiger partial charge < -0.3 is 5.73 Å². The van der Waals surface area contributed by atoms with Crippen molar-refractivity contribution in [3.05, 3.63) is 0 Å². The van der Waals surface area contributed by atoms with Gasteiger partial charge in [0.1, 0.15) is 0 Å². The molecule has 0 aliphatic rings. The number of amides is 1. The van der Waals surface area contributed by atoms with E-state index in [1.54, 1.807) is 0 Å². The van der Waals surface area contributed by atoms with Gasteiger partial charge in [-0.25, -0.2) is 0 Å². The number of likely N-dealkylation sites (N-methyl/N-ethyl adjacent to an activating group) is 1. The van der Waals surface area contributed by atoms with Crippen LogP contribution in [0.2, 0.25) is 0 Å². The van der Waals surface area contributed by atoms with Crippen LogP contribution < -0.4 is 5.73 Å². The van der Waals surface area contributed by atoms with Gasteiger partial charge in [-0.3, -0.25) is 9.69 Å². The van der Waals surface area contributed by atoms with Gasteiger partial charge in [0.2, 0.25) is 5.91 Å². The van der Waals surface area contributed by atoms with Crippen LogP contribution in [0.15, 0.2) is 0 Å². The summed E-state index contributed by atoms with van der Waals surface area (Å²) in [7, 11) is 1.85. The Hall–Kier alpha value is -0.570. The molecule has 0 saturated heterocycles. The molecule has 0 heterocycles. The normalized spacial score (nSPS) is 9.58. The first kappa shape index (κ1) is 14.0. The number of carbonyl (C=O) groups excluding carboxylic acids is 1. The average Bonchev–Trinajstić information content (AvgIpc) is 1.84. The highest BCUT2D eigenvalue weighted by Crippen LogP contribution is 1.81. The fraction of sp³-hybridized carbons (Fsp3) is 0.889. The predicted octanol–water partition coefficient (Wildman–Crippen LogP) is 1.09. The second-order valence-electron chi connectivity index (χ2n) is 3.53. The second kappa shape index (κ2) is 8.53. The first-order chi connectivity index (χ1) is 5.40. The zero-order valence-corrected chi connectivity index (χ0v) is 8.92. The van der Waals surface area contributed by atoms with Crippen LogP contribution in [0.25, 0.3) is 0 Å². The third kappa shape index (κ3) is 22.7. The van der Waals surface area contributed by atoms with E-state index in [1.807, 2.05) is 18.9 Å². The molecule has 0 rings (SSSR count). The first-order valence-electron chi connectivity index (χ1n) is 4.37. The molecule has 0 aromatic carbocycles. The number of rotatable bonds is 3. The van der Waals surface area contributed by atoms with Crippen molar-refractivity contribution in [1.82, 2.24) is 4.90 Å². The molecular formula is C9H22N2O. The maximum atomic E-state index is 10.1. The molecule has 12 heavy (non-hydrogen) atoms. The van der Waals surface area contributed by atoms with Gasteiger partial charge in [-0.05, 0) is 19.5 Å². The average molecular weight is 174 g/mol. The minimum atomic E-state index is -0.269.